The predicted molar refractivity (Wildman–Crippen MR) is 88.8 cm³/mol. The second kappa shape index (κ2) is 7.09. The maximum Gasteiger partial charge on any atom is 0.165 e. The highest BCUT2D eigenvalue weighted by Crippen LogP contribution is 2.27. The molecule has 0 spiro atoms. The Kier molecular flexibility index (Phi) is 5.42. The first-order valence-electron chi connectivity index (χ1n) is 7.19. The molecule has 5 heteroatoms. The average molecular weight is 352 g/mol. The molecule has 0 saturated heterocycles. The maximum absolute atomic E-state index is 5.84. The van der Waals surface area contributed by atoms with Crippen molar-refractivity contribution in [2.45, 2.75) is 46.3 Å². The number of hydrogen-bond donors (Lipinski definition) is 1. The van der Waals surface area contributed by atoms with Gasteiger partial charge in [-0.3, -0.25) is 4.68 Å². The molecular weight excluding hydrogens is 330 g/mol. The lowest BCUT2D eigenvalue weighted by atomic mass is 10.2. The molecule has 0 radical (unpaired) electrons. The zero-order valence-electron chi connectivity index (χ0n) is 12.9. The zero-order valence-corrected chi connectivity index (χ0v) is 14.5. The Morgan fingerprint density at radius 3 is 2.57 bits per heavy atom. The molecule has 1 aromatic heterocycles. The SMILES string of the molecule is CC(C)NCc1ccc(Oc2cnn(C(C)C)c2)cc1Br. The van der Waals surface area contributed by atoms with Gasteiger partial charge in [-0.2, -0.15) is 5.10 Å². The van der Waals surface area contributed by atoms with Crippen molar-refractivity contribution in [2.75, 3.05) is 0 Å². The molecule has 4 nitrogen and oxygen atoms in total. The van der Waals surface area contributed by atoms with E-state index in [1.807, 2.05) is 23.0 Å². The molecule has 1 heterocycles. The van der Waals surface area contributed by atoms with Gasteiger partial charge in [0.15, 0.2) is 5.75 Å². The van der Waals surface area contributed by atoms with Crippen LogP contribution in [0.5, 0.6) is 11.5 Å². The number of ether oxygens (including phenoxy) is 1. The van der Waals surface area contributed by atoms with Crippen molar-refractivity contribution in [3.63, 3.8) is 0 Å². The Hall–Kier alpha value is -1.33. The van der Waals surface area contributed by atoms with Gasteiger partial charge in [0.05, 0.1) is 12.4 Å². The van der Waals surface area contributed by atoms with E-state index in [0.29, 0.717) is 12.1 Å². The largest absolute Gasteiger partial charge is 0.454 e. The Labute approximate surface area is 134 Å². The molecule has 21 heavy (non-hydrogen) atoms. The molecule has 0 aliphatic carbocycles. The van der Waals surface area contributed by atoms with E-state index < -0.39 is 0 Å². The van der Waals surface area contributed by atoms with Gasteiger partial charge >= 0.3 is 0 Å². The van der Waals surface area contributed by atoms with E-state index in [-0.39, 0.29) is 0 Å². The summed E-state index contributed by atoms with van der Waals surface area (Å²) >= 11 is 3.60. The lowest BCUT2D eigenvalue weighted by molar-refractivity contribution is 0.476. The number of halogens is 1. The Bertz CT molecular complexity index is 593. The van der Waals surface area contributed by atoms with E-state index >= 15 is 0 Å². The number of aromatic nitrogens is 2. The highest BCUT2D eigenvalue weighted by Gasteiger charge is 2.06. The predicted octanol–water partition coefficient (Wildman–Crippen LogP) is 4.52. The van der Waals surface area contributed by atoms with E-state index in [2.05, 4.69) is 60.1 Å². The first-order chi connectivity index (χ1) is 9.95. The van der Waals surface area contributed by atoms with E-state index in [4.69, 9.17) is 4.74 Å². The van der Waals surface area contributed by atoms with Crippen molar-refractivity contribution in [1.82, 2.24) is 15.1 Å². The fraction of sp³-hybridized carbons (Fsp3) is 0.438. The molecule has 114 valence electrons. The summed E-state index contributed by atoms with van der Waals surface area (Å²) in [5.41, 5.74) is 1.22. The van der Waals surface area contributed by atoms with Crippen molar-refractivity contribution in [1.29, 1.82) is 0 Å². The number of hydrogen-bond acceptors (Lipinski definition) is 3. The van der Waals surface area contributed by atoms with Crippen molar-refractivity contribution in [3.8, 4) is 11.5 Å². The molecule has 2 aromatic rings. The van der Waals surface area contributed by atoms with Gasteiger partial charge in [0.25, 0.3) is 0 Å². The van der Waals surface area contributed by atoms with Crippen LogP contribution in [0.2, 0.25) is 0 Å². The maximum atomic E-state index is 5.84. The molecule has 0 aliphatic rings. The number of rotatable bonds is 6. The van der Waals surface area contributed by atoms with Crippen molar-refractivity contribution >= 4 is 15.9 Å². The third kappa shape index (κ3) is 4.58. The Morgan fingerprint density at radius 1 is 1.24 bits per heavy atom. The van der Waals surface area contributed by atoms with Gasteiger partial charge in [0, 0.05) is 23.1 Å². The second-order valence-corrected chi connectivity index (χ2v) is 6.50. The lowest BCUT2D eigenvalue weighted by Gasteiger charge is -2.11. The third-order valence-electron chi connectivity index (χ3n) is 3.07. The van der Waals surface area contributed by atoms with Crippen LogP contribution in [-0.2, 0) is 6.54 Å². The molecule has 0 unspecified atom stereocenters. The van der Waals surface area contributed by atoms with Gasteiger partial charge < -0.3 is 10.1 Å². The molecule has 0 atom stereocenters. The summed E-state index contributed by atoms with van der Waals surface area (Å²) in [6.07, 6.45) is 3.65. The van der Waals surface area contributed by atoms with Gasteiger partial charge in [-0.1, -0.05) is 35.8 Å². The summed E-state index contributed by atoms with van der Waals surface area (Å²) in [6, 6.07) is 6.84. The van der Waals surface area contributed by atoms with Crippen LogP contribution in [0, 0.1) is 0 Å². The minimum Gasteiger partial charge on any atom is -0.454 e. The molecule has 0 amide bonds. The van der Waals surface area contributed by atoms with Gasteiger partial charge in [0.2, 0.25) is 0 Å². The summed E-state index contributed by atoms with van der Waals surface area (Å²) in [5, 5.41) is 7.67. The summed E-state index contributed by atoms with van der Waals surface area (Å²) < 4.78 is 8.76. The van der Waals surface area contributed by atoms with Crippen LogP contribution in [0.1, 0.15) is 39.3 Å². The smallest absolute Gasteiger partial charge is 0.165 e. The van der Waals surface area contributed by atoms with E-state index in [1.165, 1.54) is 5.56 Å². The number of nitrogens with one attached hydrogen (secondary N) is 1. The first-order valence-corrected chi connectivity index (χ1v) is 7.99. The van der Waals surface area contributed by atoms with Gasteiger partial charge in [0.1, 0.15) is 5.75 Å². The van der Waals surface area contributed by atoms with Crippen LogP contribution in [0.3, 0.4) is 0 Å². The Morgan fingerprint density at radius 2 is 2.00 bits per heavy atom. The van der Waals surface area contributed by atoms with Crippen molar-refractivity contribution in [2.24, 2.45) is 0 Å². The summed E-state index contributed by atoms with van der Waals surface area (Å²) in [7, 11) is 0. The minimum absolute atomic E-state index is 0.332. The zero-order chi connectivity index (χ0) is 15.4. The molecule has 0 fully saturated rings. The topological polar surface area (TPSA) is 39.1 Å². The lowest BCUT2D eigenvalue weighted by Crippen LogP contribution is -2.21. The fourth-order valence-electron chi connectivity index (χ4n) is 1.84. The number of nitrogens with zero attached hydrogens (tertiary/aromatic N) is 2. The summed E-state index contributed by atoms with van der Waals surface area (Å²) in [4.78, 5) is 0. The molecule has 0 aliphatic heterocycles. The van der Waals surface area contributed by atoms with Crippen molar-refractivity contribution in [3.05, 3.63) is 40.6 Å². The van der Waals surface area contributed by atoms with Crippen LogP contribution in [0.15, 0.2) is 35.1 Å². The highest BCUT2D eigenvalue weighted by molar-refractivity contribution is 9.10. The Balaban J connectivity index is 2.05. The quantitative estimate of drug-likeness (QED) is 0.831. The van der Waals surface area contributed by atoms with Crippen molar-refractivity contribution < 1.29 is 4.74 Å². The van der Waals surface area contributed by atoms with Crippen LogP contribution < -0.4 is 10.1 Å². The molecular formula is C16H22BrN3O. The van der Waals surface area contributed by atoms with E-state index in [0.717, 1.165) is 22.5 Å². The van der Waals surface area contributed by atoms with Gasteiger partial charge in [-0.15, -0.1) is 0 Å². The van der Waals surface area contributed by atoms with Crippen LogP contribution in [0.4, 0.5) is 0 Å². The third-order valence-corrected chi connectivity index (χ3v) is 3.81. The number of benzene rings is 1. The highest BCUT2D eigenvalue weighted by atomic mass is 79.9. The fourth-order valence-corrected chi connectivity index (χ4v) is 2.34. The van der Waals surface area contributed by atoms with Gasteiger partial charge in [-0.25, -0.2) is 0 Å². The second-order valence-electron chi connectivity index (χ2n) is 5.64. The minimum atomic E-state index is 0.332. The molecule has 2 rings (SSSR count). The molecule has 0 bridgehead atoms. The van der Waals surface area contributed by atoms with Crippen LogP contribution >= 0.6 is 15.9 Å². The standard InChI is InChI=1S/C16H22BrN3O/c1-11(2)18-8-13-5-6-14(7-16(13)17)21-15-9-19-20(10-15)12(3)4/h5-7,9-12,18H,8H2,1-4H3. The molecule has 0 saturated carbocycles. The van der Waals surface area contributed by atoms with E-state index in [9.17, 15) is 0 Å². The first kappa shape index (κ1) is 16.0. The molecule has 1 aromatic carbocycles. The summed E-state index contributed by atoms with van der Waals surface area (Å²) in [6.45, 7) is 9.28. The average Bonchev–Trinajstić information content (AvgIpc) is 2.86. The molecule has 1 N–H and O–H groups in total. The monoisotopic (exact) mass is 351 g/mol. The van der Waals surface area contributed by atoms with Crippen LogP contribution in [0.25, 0.3) is 0 Å². The normalized spacial score (nSPS) is 11.4. The van der Waals surface area contributed by atoms with Gasteiger partial charge in [-0.05, 0) is 31.5 Å². The van der Waals surface area contributed by atoms with Crippen LogP contribution in [-0.4, -0.2) is 15.8 Å². The summed E-state index contributed by atoms with van der Waals surface area (Å²) in [5.74, 6) is 1.56. The van der Waals surface area contributed by atoms with E-state index in [1.54, 1.807) is 6.20 Å².